The Balaban J connectivity index is 2.15. The molecule has 0 spiro atoms. The molecule has 2 fully saturated rings. The van der Waals surface area contributed by atoms with Crippen molar-refractivity contribution in [2.45, 2.75) is 46.0 Å². The Kier molecular flexibility index (Phi) is 1.33. The van der Waals surface area contributed by atoms with Gasteiger partial charge < -0.3 is 0 Å². The van der Waals surface area contributed by atoms with E-state index in [1.54, 1.807) is 5.92 Å². The van der Waals surface area contributed by atoms with Crippen LogP contribution in [0.15, 0.2) is 0 Å². The Hall–Kier alpha value is 0. The quantitative estimate of drug-likeness (QED) is 0.520. The Morgan fingerprint density at radius 2 is 1.80 bits per heavy atom. The lowest BCUT2D eigenvalue weighted by molar-refractivity contribution is 0.316. The Labute approximate surface area is 64.0 Å². The van der Waals surface area contributed by atoms with Crippen molar-refractivity contribution in [2.24, 2.45) is 11.3 Å². The molecule has 0 amide bonds. The summed E-state index contributed by atoms with van der Waals surface area (Å²) in [7, 11) is 0. The molecule has 0 nitrogen and oxygen atoms in total. The summed E-state index contributed by atoms with van der Waals surface area (Å²) in [6, 6.07) is 0. The van der Waals surface area contributed by atoms with Crippen molar-refractivity contribution in [3.05, 3.63) is 5.92 Å². The van der Waals surface area contributed by atoms with Crippen LogP contribution in [0.5, 0.6) is 0 Å². The lowest BCUT2D eigenvalue weighted by Gasteiger charge is -2.30. The molecule has 0 heteroatoms. The molecule has 10 heavy (non-hydrogen) atoms. The zero-order valence-electron chi connectivity index (χ0n) is 7.11. The SMILES string of the molecule is C[C](C)C12CCC(CC1)C2. The summed E-state index contributed by atoms with van der Waals surface area (Å²) < 4.78 is 0. The van der Waals surface area contributed by atoms with Gasteiger partial charge in [-0.15, -0.1) is 0 Å². The fourth-order valence-electron chi connectivity index (χ4n) is 2.90. The summed E-state index contributed by atoms with van der Waals surface area (Å²) in [6.07, 6.45) is 7.56. The number of fused-ring (bicyclic) bond motifs is 2. The van der Waals surface area contributed by atoms with Gasteiger partial charge in [0.05, 0.1) is 0 Å². The normalized spacial score (nSPS) is 45.3. The first-order valence-electron chi connectivity index (χ1n) is 4.54. The molecule has 2 saturated carbocycles. The van der Waals surface area contributed by atoms with Crippen LogP contribution in [-0.4, -0.2) is 0 Å². The molecule has 0 aromatic rings. The van der Waals surface area contributed by atoms with E-state index >= 15 is 0 Å². The minimum Gasteiger partial charge on any atom is -0.0588 e. The minimum absolute atomic E-state index is 0.727. The third kappa shape index (κ3) is 0.741. The van der Waals surface area contributed by atoms with Gasteiger partial charge in [0, 0.05) is 0 Å². The van der Waals surface area contributed by atoms with Gasteiger partial charge in [-0.2, -0.15) is 0 Å². The van der Waals surface area contributed by atoms with Gasteiger partial charge in [0.1, 0.15) is 0 Å². The molecule has 0 unspecified atom stereocenters. The average Bonchev–Trinajstić information content (AvgIpc) is 2.45. The van der Waals surface area contributed by atoms with Crippen LogP contribution >= 0.6 is 0 Å². The highest BCUT2D eigenvalue weighted by Gasteiger charge is 2.46. The summed E-state index contributed by atoms with van der Waals surface area (Å²) in [4.78, 5) is 0. The molecule has 0 aliphatic heterocycles. The van der Waals surface area contributed by atoms with E-state index in [0.29, 0.717) is 0 Å². The Bertz CT molecular complexity index is 127. The summed E-state index contributed by atoms with van der Waals surface area (Å²) >= 11 is 0. The standard InChI is InChI=1S/C10H17/c1-8(2)10-5-3-9(7-10)4-6-10/h9H,3-7H2,1-2H3. The van der Waals surface area contributed by atoms with Crippen molar-refractivity contribution >= 4 is 0 Å². The van der Waals surface area contributed by atoms with Crippen molar-refractivity contribution in [1.29, 1.82) is 0 Å². The Morgan fingerprint density at radius 3 is 2.00 bits per heavy atom. The summed E-state index contributed by atoms with van der Waals surface area (Å²) in [5.74, 6) is 2.81. The van der Waals surface area contributed by atoms with Gasteiger partial charge in [0.25, 0.3) is 0 Å². The van der Waals surface area contributed by atoms with E-state index in [4.69, 9.17) is 0 Å². The Morgan fingerprint density at radius 1 is 1.20 bits per heavy atom. The van der Waals surface area contributed by atoms with Crippen molar-refractivity contribution in [3.63, 3.8) is 0 Å². The molecule has 0 N–H and O–H groups in total. The number of rotatable bonds is 1. The summed E-state index contributed by atoms with van der Waals surface area (Å²) in [5, 5.41) is 0. The first-order valence-corrected chi connectivity index (χ1v) is 4.54. The molecule has 2 bridgehead atoms. The van der Waals surface area contributed by atoms with Crippen LogP contribution in [0.3, 0.4) is 0 Å². The molecule has 0 atom stereocenters. The smallest absolute Gasteiger partial charge is 0.0238 e. The topological polar surface area (TPSA) is 0 Å². The first kappa shape index (κ1) is 6.69. The summed E-state index contributed by atoms with van der Waals surface area (Å²) in [6.45, 7) is 4.65. The molecule has 2 aliphatic carbocycles. The molecule has 0 heterocycles. The number of hydrogen-bond donors (Lipinski definition) is 0. The second-order valence-corrected chi connectivity index (χ2v) is 4.43. The highest BCUT2D eigenvalue weighted by atomic mass is 14.5. The maximum Gasteiger partial charge on any atom is -0.0238 e. The fraction of sp³-hybridized carbons (Fsp3) is 0.900. The van der Waals surface area contributed by atoms with Crippen LogP contribution in [0.1, 0.15) is 46.0 Å². The van der Waals surface area contributed by atoms with Gasteiger partial charge in [-0.3, -0.25) is 0 Å². The van der Waals surface area contributed by atoms with Crippen LogP contribution in [0.25, 0.3) is 0 Å². The van der Waals surface area contributed by atoms with Crippen LogP contribution in [0.4, 0.5) is 0 Å². The number of hydrogen-bond acceptors (Lipinski definition) is 0. The maximum atomic E-state index is 2.33. The highest BCUT2D eigenvalue weighted by Crippen LogP contribution is 2.58. The third-order valence-corrected chi connectivity index (χ3v) is 3.80. The average molecular weight is 137 g/mol. The van der Waals surface area contributed by atoms with Gasteiger partial charge in [-0.25, -0.2) is 0 Å². The van der Waals surface area contributed by atoms with Crippen molar-refractivity contribution in [3.8, 4) is 0 Å². The van der Waals surface area contributed by atoms with E-state index in [2.05, 4.69) is 13.8 Å². The molecule has 57 valence electrons. The van der Waals surface area contributed by atoms with E-state index in [0.717, 1.165) is 11.3 Å². The molecular formula is C10H17. The zero-order valence-corrected chi connectivity index (χ0v) is 7.11. The van der Waals surface area contributed by atoms with E-state index in [9.17, 15) is 0 Å². The molecule has 2 aliphatic rings. The van der Waals surface area contributed by atoms with E-state index < -0.39 is 0 Å². The third-order valence-electron chi connectivity index (χ3n) is 3.80. The molecule has 0 aromatic heterocycles. The summed E-state index contributed by atoms with van der Waals surface area (Å²) in [5.41, 5.74) is 0.727. The molecule has 2 rings (SSSR count). The lowest BCUT2D eigenvalue weighted by Crippen LogP contribution is -2.19. The second-order valence-electron chi connectivity index (χ2n) is 4.43. The van der Waals surface area contributed by atoms with Crippen molar-refractivity contribution in [1.82, 2.24) is 0 Å². The minimum atomic E-state index is 0.727. The lowest BCUT2D eigenvalue weighted by atomic mass is 9.75. The van der Waals surface area contributed by atoms with Crippen LogP contribution in [-0.2, 0) is 0 Å². The highest BCUT2D eigenvalue weighted by molar-refractivity contribution is 5.09. The van der Waals surface area contributed by atoms with Gasteiger partial charge in [0.15, 0.2) is 0 Å². The predicted octanol–water partition coefficient (Wildman–Crippen LogP) is 3.18. The molecular weight excluding hydrogens is 120 g/mol. The zero-order chi connectivity index (χ0) is 7.19. The molecule has 1 radical (unpaired) electrons. The molecule has 0 aromatic carbocycles. The molecule has 0 saturated heterocycles. The van der Waals surface area contributed by atoms with Crippen LogP contribution in [0.2, 0.25) is 0 Å². The van der Waals surface area contributed by atoms with Crippen molar-refractivity contribution < 1.29 is 0 Å². The van der Waals surface area contributed by atoms with E-state index in [1.165, 1.54) is 32.1 Å². The van der Waals surface area contributed by atoms with E-state index in [1.807, 2.05) is 0 Å². The van der Waals surface area contributed by atoms with Gasteiger partial charge >= 0.3 is 0 Å². The van der Waals surface area contributed by atoms with Crippen LogP contribution in [0, 0.1) is 17.3 Å². The van der Waals surface area contributed by atoms with E-state index in [-0.39, 0.29) is 0 Å². The predicted molar refractivity (Wildman–Crippen MR) is 43.6 cm³/mol. The van der Waals surface area contributed by atoms with Crippen molar-refractivity contribution in [2.75, 3.05) is 0 Å². The second kappa shape index (κ2) is 1.99. The largest absolute Gasteiger partial charge is 0.0588 e. The van der Waals surface area contributed by atoms with Gasteiger partial charge in [-0.1, -0.05) is 13.8 Å². The van der Waals surface area contributed by atoms with Gasteiger partial charge in [-0.05, 0) is 49.4 Å². The van der Waals surface area contributed by atoms with Gasteiger partial charge in [0.2, 0.25) is 0 Å². The fourth-order valence-corrected chi connectivity index (χ4v) is 2.90. The first-order chi connectivity index (χ1) is 4.73. The monoisotopic (exact) mass is 137 g/mol. The maximum absolute atomic E-state index is 2.33. The van der Waals surface area contributed by atoms with Crippen LogP contribution < -0.4 is 0 Å².